The number of morpholine rings is 1. The Kier molecular flexibility index (Phi) is 5.29. The van der Waals surface area contributed by atoms with Gasteiger partial charge in [-0.3, -0.25) is 14.8 Å². The Labute approximate surface area is 154 Å². The van der Waals surface area contributed by atoms with Gasteiger partial charge in [-0.05, 0) is 37.1 Å². The van der Waals surface area contributed by atoms with Crippen LogP contribution in [0.15, 0.2) is 42.7 Å². The predicted octanol–water partition coefficient (Wildman–Crippen LogP) is 3.00. The summed E-state index contributed by atoms with van der Waals surface area (Å²) in [4.78, 5) is 8.99. The highest BCUT2D eigenvalue weighted by Crippen LogP contribution is 2.26. The molecule has 0 N–H and O–H groups in total. The molecule has 4 rings (SSSR count). The van der Waals surface area contributed by atoms with E-state index < -0.39 is 0 Å². The van der Waals surface area contributed by atoms with Gasteiger partial charge in [-0.15, -0.1) is 0 Å². The van der Waals surface area contributed by atoms with Crippen LogP contribution in [0, 0.1) is 12.7 Å². The average Bonchev–Trinajstić information content (AvgIpc) is 2.66. The van der Waals surface area contributed by atoms with Crippen molar-refractivity contribution < 1.29 is 9.13 Å². The Hall–Kier alpha value is -1.82. The van der Waals surface area contributed by atoms with Gasteiger partial charge in [-0.2, -0.15) is 0 Å². The lowest BCUT2D eigenvalue weighted by Crippen LogP contribution is -2.59. The molecule has 0 aliphatic carbocycles. The number of nitrogens with zero attached hydrogens (tertiary/aromatic N) is 3. The number of rotatable bonds is 4. The molecule has 2 atom stereocenters. The summed E-state index contributed by atoms with van der Waals surface area (Å²) in [6, 6.07) is 9.89. The minimum atomic E-state index is -0.105. The minimum absolute atomic E-state index is 0.105. The molecule has 4 nitrogen and oxygen atoms in total. The van der Waals surface area contributed by atoms with Gasteiger partial charge in [0.05, 0.1) is 12.7 Å². The second kappa shape index (κ2) is 7.82. The van der Waals surface area contributed by atoms with Crippen LogP contribution < -0.4 is 0 Å². The molecule has 3 heterocycles. The quantitative estimate of drug-likeness (QED) is 0.843. The number of pyridine rings is 1. The van der Waals surface area contributed by atoms with Crippen LogP contribution in [0.4, 0.5) is 4.39 Å². The van der Waals surface area contributed by atoms with E-state index in [0.29, 0.717) is 12.6 Å². The average molecular weight is 355 g/mol. The van der Waals surface area contributed by atoms with Crippen molar-refractivity contribution in [3.8, 4) is 0 Å². The van der Waals surface area contributed by atoms with Crippen molar-refractivity contribution in [3.05, 3.63) is 65.2 Å². The Morgan fingerprint density at radius 2 is 2.00 bits per heavy atom. The van der Waals surface area contributed by atoms with Crippen LogP contribution in [0.5, 0.6) is 0 Å². The number of benzene rings is 1. The molecular weight excluding hydrogens is 329 g/mol. The van der Waals surface area contributed by atoms with Crippen molar-refractivity contribution in [2.24, 2.45) is 0 Å². The molecule has 138 valence electrons. The first-order valence-corrected chi connectivity index (χ1v) is 9.41. The molecule has 0 spiro atoms. The van der Waals surface area contributed by atoms with Crippen LogP contribution >= 0.6 is 0 Å². The molecule has 0 saturated carbocycles. The van der Waals surface area contributed by atoms with Crippen molar-refractivity contribution in [1.82, 2.24) is 14.8 Å². The lowest BCUT2D eigenvalue weighted by Gasteiger charge is -2.47. The van der Waals surface area contributed by atoms with Gasteiger partial charge in [0.25, 0.3) is 0 Å². The van der Waals surface area contributed by atoms with E-state index in [1.807, 2.05) is 31.5 Å². The zero-order chi connectivity index (χ0) is 17.9. The van der Waals surface area contributed by atoms with Gasteiger partial charge in [0.2, 0.25) is 0 Å². The van der Waals surface area contributed by atoms with E-state index in [9.17, 15) is 4.39 Å². The summed E-state index contributed by atoms with van der Waals surface area (Å²) in [6.45, 7) is 7.20. The Morgan fingerprint density at radius 1 is 1.15 bits per heavy atom. The monoisotopic (exact) mass is 355 g/mol. The van der Waals surface area contributed by atoms with Crippen molar-refractivity contribution >= 4 is 0 Å². The van der Waals surface area contributed by atoms with Gasteiger partial charge in [-0.1, -0.05) is 17.7 Å². The summed E-state index contributed by atoms with van der Waals surface area (Å²) in [5.41, 5.74) is 3.18. The molecule has 0 bridgehead atoms. The lowest BCUT2D eigenvalue weighted by atomic mass is 9.97. The Morgan fingerprint density at radius 3 is 2.85 bits per heavy atom. The topological polar surface area (TPSA) is 28.6 Å². The van der Waals surface area contributed by atoms with E-state index in [4.69, 9.17) is 4.74 Å². The highest BCUT2D eigenvalue weighted by molar-refractivity contribution is 5.24. The van der Waals surface area contributed by atoms with Gasteiger partial charge >= 0.3 is 0 Å². The second-order valence-corrected chi connectivity index (χ2v) is 7.42. The zero-order valence-corrected chi connectivity index (χ0v) is 15.3. The van der Waals surface area contributed by atoms with E-state index in [-0.39, 0.29) is 11.9 Å². The maximum atomic E-state index is 14.2. The number of ether oxygens (including phenoxy) is 1. The zero-order valence-electron chi connectivity index (χ0n) is 15.3. The van der Waals surface area contributed by atoms with Crippen LogP contribution in [0.1, 0.15) is 23.1 Å². The molecule has 1 aromatic heterocycles. The molecule has 0 unspecified atom stereocenters. The molecule has 2 aromatic rings. The van der Waals surface area contributed by atoms with Gasteiger partial charge in [0, 0.05) is 56.7 Å². The van der Waals surface area contributed by atoms with Gasteiger partial charge < -0.3 is 4.74 Å². The second-order valence-electron chi connectivity index (χ2n) is 7.42. The van der Waals surface area contributed by atoms with E-state index in [0.717, 1.165) is 50.3 Å². The molecule has 2 saturated heterocycles. The summed E-state index contributed by atoms with van der Waals surface area (Å²) in [5.74, 6) is -0.105. The summed E-state index contributed by atoms with van der Waals surface area (Å²) >= 11 is 0. The summed E-state index contributed by atoms with van der Waals surface area (Å²) in [6.07, 6.45) is 4.98. The van der Waals surface area contributed by atoms with E-state index >= 15 is 0 Å². The molecule has 2 fully saturated rings. The Balaban J connectivity index is 1.45. The number of aryl methyl sites for hydroxylation is 1. The highest BCUT2D eigenvalue weighted by Gasteiger charge is 2.37. The number of fused-ring (bicyclic) bond motifs is 1. The van der Waals surface area contributed by atoms with Crippen LogP contribution in [-0.2, 0) is 17.8 Å². The number of likely N-dealkylation sites (tertiary alicyclic amines) is 1. The predicted molar refractivity (Wildman–Crippen MR) is 99.2 cm³/mol. The van der Waals surface area contributed by atoms with Crippen LogP contribution in [0.2, 0.25) is 0 Å². The van der Waals surface area contributed by atoms with Gasteiger partial charge in [0.15, 0.2) is 0 Å². The molecule has 0 amide bonds. The van der Waals surface area contributed by atoms with E-state index in [1.54, 1.807) is 6.07 Å². The number of hydrogen-bond acceptors (Lipinski definition) is 4. The number of hydrogen-bond donors (Lipinski definition) is 0. The first-order chi connectivity index (χ1) is 12.7. The molecule has 26 heavy (non-hydrogen) atoms. The number of halogens is 1. The molecule has 0 radical (unpaired) electrons. The third-order valence-corrected chi connectivity index (χ3v) is 5.51. The first-order valence-electron chi connectivity index (χ1n) is 9.41. The molecule has 2 aliphatic heterocycles. The normalized spacial score (nSPS) is 24.4. The fourth-order valence-corrected chi connectivity index (χ4v) is 4.14. The highest BCUT2D eigenvalue weighted by atomic mass is 19.1. The van der Waals surface area contributed by atoms with E-state index in [1.165, 1.54) is 5.56 Å². The summed E-state index contributed by atoms with van der Waals surface area (Å²) in [7, 11) is 0. The van der Waals surface area contributed by atoms with Crippen LogP contribution in [0.3, 0.4) is 0 Å². The largest absolute Gasteiger partial charge is 0.375 e. The smallest absolute Gasteiger partial charge is 0.127 e. The van der Waals surface area contributed by atoms with Gasteiger partial charge in [-0.25, -0.2) is 4.39 Å². The third kappa shape index (κ3) is 3.95. The fraction of sp³-hybridized carbons (Fsp3) is 0.476. The standard InChI is InChI=1S/C21H26FN3O/c1-16-2-3-19(22)18(12-16)14-24-9-6-21-20(15-24)25(10-11-26-21)13-17-4-7-23-8-5-17/h2-5,7-8,12,20-21H,6,9-11,13-15H2,1H3/t20-,21-/m0/s1. The third-order valence-electron chi connectivity index (χ3n) is 5.51. The number of piperidine rings is 1. The summed E-state index contributed by atoms with van der Waals surface area (Å²) < 4.78 is 20.2. The Bertz CT molecular complexity index is 739. The molecular formula is C21H26FN3O. The molecule has 2 aliphatic rings. The van der Waals surface area contributed by atoms with Crippen molar-refractivity contribution in [2.75, 3.05) is 26.2 Å². The maximum Gasteiger partial charge on any atom is 0.127 e. The maximum absolute atomic E-state index is 14.2. The lowest BCUT2D eigenvalue weighted by molar-refractivity contribution is -0.107. The van der Waals surface area contributed by atoms with Gasteiger partial charge in [0.1, 0.15) is 5.82 Å². The molecule has 1 aromatic carbocycles. The fourth-order valence-electron chi connectivity index (χ4n) is 4.14. The number of aromatic nitrogens is 1. The molecule has 5 heteroatoms. The first kappa shape index (κ1) is 17.6. The van der Waals surface area contributed by atoms with Crippen LogP contribution in [0.25, 0.3) is 0 Å². The van der Waals surface area contributed by atoms with Crippen molar-refractivity contribution in [2.45, 2.75) is 38.6 Å². The summed E-state index contributed by atoms with van der Waals surface area (Å²) in [5, 5.41) is 0. The van der Waals surface area contributed by atoms with Crippen LogP contribution in [-0.4, -0.2) is 53.2 Å². The minimum Gasteiger partial charge on any atom is -0.375 e. The SMILES string of the molecule is Cc1ccc(F)c(CN2CC[C@@H]3OCCN(Cc4ccncc4)[C@H]3C2)c1. The van der Waals surface area contributed by atoms with Crippen molar-refractivity contribution in [3.63, 3.8) is 0 Å². The van der Waals surface area contributed by atoms with Crippen molar-refractivity contribution in [1.29, 1.82) is 0 Å². The van der Waals surface area contributed by atoms with E-state index in [2.05, 4.69) is 26.9 Å².